The number of rotatable bonds is 3. The number of thiophene rings is 1. The predicted molar refractivity (Wildman–Crippen MR) is 61.2 cm³/mol. The van der Waals surface area contributed by atoms with E-state index in [2.05, 4.69) is 31.3 Å². The van der Waals surface area contributed by atoms with Crippen LogP contribution in [0.1, 0.15) is 12.5 Å². The van der Waals surface area contributed by atoms with Gasteiger partial charge in [-0.2, -0.15) is 0 Å². The Hall–Kier alpha value is -0.680. The first-order chi connectivity index (χ1) is 6.86. The zero-order valence-corrected chi connectivity index (χ0v) is 10.1. The molecule has 14 heavy (non-hydrogen) atoms. The van der Waals surface area contributed by atoms with Gasteiger partial charge < -0.3 is 4.74 Å². The first kappa shape index (κ1) is 9.86. The SMILES string of the molecule is CCOc1ncnc2c(CBr)csc12. The number of nitrogens with zero attached hydrogens (tertiary/aromatic N) is 2. The van der Waals surface area contributed by atoms with E-state index in [-0.39, 0.29) is 0 Å². The molecular formula is C9H9BrN2OS. The second kappa shape index (κ2) is 4.23. The van der Waals surface area contributed by atoms with Crippen LogP contribution in [0.25, 0.3) is 10.2 Å². The topological polar surface area (TPSA) is 35.0 Å². The molecule has 5 heteroatoms. The van der Waals surface area contributed by atoms with Crippen molar-refractivity contribution < 1.29 is 4.74 Å². The van der Waals surface area contributed by atoms with Crippen LogP contribution in [-0.4, -0.2) is 16.6 Å². The number of ether oxygens (including phenoxy) is 1. The minimum atomic E-state index is 0.633. The summed E-state index contributed by atoms with van der Waals surface area (Å²) in [5, 5.41) is 2.90. The van der Waals surface area contributed by atoms with Gasteiger partial charge >= 0.3 is 0 Å². The third-order valence-corrected chi connectivity index (χ3v) is 3.43. The van der Waals surface area contributed by atoms with Crippen LogP contribution in [0.5, 0.6) is 5.88 Å². The highest BCUT2D eigenvalue weighted by Gasteiger charge is 2.09. The average Bonchev–Trinajstić information content (AvgIpc) is 2.62. The van der Waals surface area contributed by atoms with Gasteiger partial charge in [0, 0.05) is 5.33 Å². The highest BCUT2D eigenvalue weighted by Crippen LogP contribution is 2.31. The third-order valence-electron chi connectivity index (χ3n) is 1.82. The van der Waals surface area contributed by atoms with E-state index in [0.29, 0.717) is 12.5 Å². The van der Waals surface area contributed by atoms with Crippen LogP contribution >= 0.6 is 27.3 Å². The van der Waals surface area contributed by atoms with Crippen LogP contribution < -0.4 is 4.74 Å². The lowest BCUT2D eigenvalue weighted by atomic mass is 10.3. The Morgan fingerprint density at radius 3 is 3.07 bits per heavy atom. The Labute approximate surface area is 94.3 Å². The van der Waals surface area contributed by atoms with Gasteiger partial charge in [-0.1, -0.05) is 15.9 Å². The molecule has 0 N–H and O–H groups in total. The summed E-state index contributed by atoms with van der Waals surface area (Å²) in [6, 6.07) is 0. The number of aromatic nitrogens is 2. The van der Waals surface area contributed by atoms with Crippen molar-refractivity contribution in [2.45, 2.75) is 12.3 Å². The summed E-state index contributed by atoms with van der Waals surface area (Å²) < 4.78 is 6.45. The molecule has 0 aliphatic heterocycles. The molecule has 0 spiro atoms. The number of fused-ring (bicyclic) bond motifs is 1. The normalized spacial score (nSPS) is 10.7. The average molecular weight is 273 g/mol. The van der Waals surface area contributed by atoms with E-state index in [1.807, 2.05) is 6.92 Å². The first-order valence-electron chi connectivity index (χ1n) is 4.26. The van der Waals surface area contributed by atoms with Crippen molar-refractivity contribution in [2.75, 3.05) is 6.61 Å². The van der Waals surface area contributed by atoms with Gasteiger partial charge in [-0.05, 0) is 17.9 Å². The molecule has 0 bridgehead atoms. The van der Waals surface area contributed by atoms with Crippen LogP contribution in [0, 0.1) is 0 Å². The quantitative estimate of drug-likeness (QED) is 0.806. The highest BCUT2D eigenvalue weighted by molar-refractivity contribution is 9.08. The molecule has 2 rings (SSSR count). The number of hydrogen-bond donors (Lipinski definition) is 0. The van der Waals surface area contributed by atoms with Gasteiger partial charge in [-0.15, -0.1) is 11.3 Å². The fraction of sp³-hybridized carbons (Fsp3) is 0.333. The standard InChI is InChI=1S/C9H9BrN2OS/c1-2-13-9-8-7(11-5-12-9)6(3-10)4-14-8/h4-5H,2-3H2,1H3. The molecule has 74 valence electrons. The zero-order valence-electron chi connectivity index (χ0n) is 7.66. The van der Waals surface area contributed by atoms with Crippen LogP contribution in [0.4, 0.5) is 0 Å². The molecule has 0 saturated carbocycles. The summed E-state index contributed by atoms with van der Waals surface area (Å²) in [5.74, 6) is 0.690. The second-order valence-corrected chi connectivity index (χ2v) is 4.12. The number of hydrogen-bond acceptors (Lipinski definition) is 4. The third kappa shape index (κ3) is 1.62. The van der Waals surface area contributed by atoms with Gasteiger partial charge in [0.1, 0.15) is 11.0 Å². The van der Waals surface area contributed by atoms with E-state index in [4.69, 9.17) is 4.74 Å². The Morgan fingerprint density at radius 1 is 1.50 bits per heavy atom. The minimum Gasteiger partial charge on any atom is -0.477 e. The van der Waals surface area contributed by atoms with Gasteiger partial charge in [0.25, 0.3) is 0 Å². The zero-order chi connectivity index (χ0) is 9.97. The molecule has 0 saturated heterocycles. The number of alkyl halides is 1. The van der Waals surface area contributed by atoms with Crippen LogP contribution in [-0.2, 0) is 5.33 Å². The largest absolute Gasteiger partial charge is 0.477 e. The van der Waals surface area contributed by atoms with Crippen molar-refractivity contribution in [1.29, 1.82) is 0 Å². The molecule has 2 heterocycles. The van der Waals surface area contributed by atoms with Gasteiger partial charge in [-0.25, -0.2) is 9.97 Å². The molecule has 0 aliphatic carbocycles. The van der Waals surface area contributed by atoms with E-state index in [9.17, 15) is 0 Å². The Balaban J connectivity index is 2.58. The molecule has 0 fully saturated rings. The lowest BCUT2D eigenvalue weighted by molar-refractivity contribution is 0.331. The van der Waals surface area contributed by atoms with Crippen molar-refractivity contribution in [3.8, 4) is 5.88 Å². The molecule has 0 aliphatic rings. The summed E-state index contributed by atoms with van der Waals surface area (Å²) in [7, 11) is 0. The summed E-state index contributed by atoms with van der Waals surface area (Å²) in [6.07, 6.45) is 1.55. The molecule has 0 aromatic carbocycles. The number of halogens is 1. The lowest BCUT2D eigenvalue weighted by Crippen LogP contribution is -1.94. The molecule has 3 nitrogen and oxygen atoms in total. The van der Waals surface area contributed by atoms with E-state index in [1.165, 1.54) is 5.56 Å². The van der Waals surface area contributed by atoms with E-state index < -0.39 is 0 Å². The smallest absolute Gasteiger partial charge is 0.234 e. The van der Waals surface area contributed by atoms with Crippen LogP contribution in [0.15, 0.2) is 11.7 Å². The minimum absolute atomic E-state index is 0.633. The van der Waals surface area contributed by atoms with Crippen LogP contribution in [0.2, 0.25) is 0 Å². The van der Waals surface area contributed by atoms with E-state index in [0.717, 1.165) is 15.5 Å². The van der Waals surface area contributed by atoms with Crippen molar-refractivity contribution in [1.82, 2.24) is 9.97 Å². The van der Waals surface area contributed by atoms with Gasteiger partial charge in [-0.3, -0.25) is 0 Å². The predicted octanol–water partition coefficient (Wildman–Crippen LogP) is 2.98. The van der Waals surface area contributed by atoms with Crippen LogP contribution in [0.3, 0.4) is 0 Å². The maximum Gasteiger partial charge on any atom is 0.234 e. The second-order valence-electron chi connectivity index (χ2n) is 2.68. The Morgan fingerprint density at radius 2 is 2.36 bits per heavy atom. The molecule has 2 aromatic rings. The summed E-state index contributed by atoms with van der Waals surface area (Å²) >= 11 is 5.05. The molecular weight excluding hydrogens is 264 g/mol. The van der Waals surface area contributed by atoms with E-state index >= 15 is 0 Å². The molecule has 2 aromatic heterocycles. The Bertz CT molecular complexity index is 443. The summed E-state index contributed by atoms with van der Waals surface area (Å²) in [6.45, 7) is 2.58. The molecule has 0 amide bonds. The van der Waals surface area contributed by atoms with Crippen molar-refractivity contribution in [3.05, 3.63) is 17.3 Å². The summed E-state index contributed by atoms with van der Waals surface area (Å²) in [4.78, 5) is 8.35. The fourth-order valence-electron chi connectivity index (χ4n) is 1.21. The molecule has 0 radical (unpaired) electrons. The van der Waals surface area contributed by atoms with Crippen molar-refractivity contribution in [2.24, 2.45) is 0 Å². The lowest BCUT2D eigenvalue weighted by Gasteiger charge is -2.01. The summed E-state index contributed by atoms with van der Waals surface area (Å²) in [5.41, 5.74) is 2.18. The van der Waals surface area contributed by atoms with Gasteiger partial charge in [0.2, 0.25) is 5.88 Å². The van der Waals surface area contributed by atoms with E-state index in [1.54, 1.807) is 17.7 Å². The van der Waals surface area contributed by atoms with Crippen molar-refractivity contribution in [3.63, 3.8) is 0 Å². The maximum atomic E-state index is 5.42. The monoisotopic (exact) mass is 272 g/mol. The van der Waals surface area contributed by atoms with Gasteiger partial charge in [0.15, 0.2) is 0 Å². The molecule has 0 atom stereocenters. The highest BCUT2D eigenvalue weighted by atomic mass is 79.9. The Kier molecular flexibility index (Phi) is 2.98. The fourth-order valence-corrected chi connectivity index (χ4v) is 2.82. The first-order valence-corrected chi connectivity index (χ1v) is 6.26. The molecule has 0 unspecified atom stereocenters. The maximum absolute atomic E-state index is 5.42. The van der Waals surface area contributed by atoms with Crippen molar-refractivity contribution >= 4 is 37.5 Å². The van der Waals surface area contributed by atoms with Gasteiger partial charge in [0.05, 0.1) is 12.1 Å².